The highest BCUT2D eigenvalue weighted by Crippen LogP contribution is 2.38. The van der Waals surface area contributed by atoms with Gasteiger partial charge in [-0.15, -0.1) is 0 Å². The lowest BCUT2D eigenvalue weighted by Gasteiger charge is -2.17. The Balaban J connectivity index is 1.89. The number of carbonyl (C=O) groups excluding carboxylic acids is 2. The lowest BCUT2D eigenvalue weighted by atomic mass is 10.0. The normalized spacial score (nSPS) is 13.6. The van der Waals surface area contributed by atoms with Crippen LogP contribution in [0.1, 0.15) is 16.7 Å². The molecule has 0 saturated heterocycles. The second-order valence-corrected chi connectivity index (χ2v) is 7.47. The summed E-state index contributed by atoms with van der Waals surface area (Å²) in [5, 5.41) is 3.24. The summed E-state index contributed by atoms with van der Waals surface area (Å²) in [5.74, 6) is 0.194. The maximum atomic E-state index is 13.6. The molecule has 0 aromatic heterocycles. The van der Waals surface area contributed by atoms with Crippen LogP contribution in [0, 0.1) is 13.8 Å². The van der Waals surface area contributed by atoms with Crippen LogP contribution in [0.4, 0.5) is 11.4 Å². The number of methoxy groups -OCH3 is 2. The van der Waals surface area contributed by atoms with Crippen molar-refractivity contribution in [3.8, 4) is 11.5 Å². The molecule has 0 unspecified atom stereocenters. The monoisotopic (exact) mass is 428 g/mol. The molecule has 3 aromatic rings. The van der Waals surface area contributed by atoms with Crippen molar-refractivity contribution in [3.05, 3.63) is 89.1 Å². The van der Waals surface area contributed by atoms with Gasteiger partial charge in [0.25, 0.3) is 11.8 Å². The summed E-state index contributed by atoms with van der Waals surface area (Å²) in [6.07, 6.45) is 0. The smallest absolute Gasteiger partial charge is 0.282 e. The van der Waals surface area contributed by atoms with Gasteiger partial charge in [0.2, 0.25) is 0 Å². The van der Waals surface area contributed by atoms with Crippen molar-refractivity contribution in [1.82, 2.24) is 0 Å². The van der Waals surface area contributed by atoms with E-state index >= 15 is 0 Å². The Hall–Kier alpha value is -4.06. The van der Waals surface area contributed by atoms with E-state index in [0.29, 0.717) is 22.7 Å². The Morgan fingerprint density at radius 1 is 0.812 bits per heavy atom. The number of benzene rings is 3. The first kappa shape index (κ1) is 21.2. The number of aryl methyl sites for hydroxylation is 1. The molecule has 1 aliphatic rings. The van der Waals surface area contributed by atoms with Crippen LogP contribution in [0.3, 0.4) is 0 Å². The van der Waals surface area contributed by atoms with E-state index in [4.69, 9.17) is 9.47 Å². The van der Waals surface area contributed by atoms with E-state index in [-0.39, 0.29) is 11.3 Å². The van der Waals surface area contributed by atoms with Crippen molar-refractivity contribution in [2.75, 3.05) is 24.4 Å². The van der Waals surface area contributed by atoms with Gasteiger partial charge in [-0.3, -0.25) is 9.59 Å². The minimum absolute atomic E-state index is 0.205. The van der Waals surface area contributed by atoms with Crippen LogP contribution in [0.5, 0.6) is 11.5 Å². The Bertz CT molecular complexity index is 1250. The fourth-order valence-electron chi connectivity index (χ4n) is 3.75. The van der Waals surface area contributed by atoms with E-state index in [1.165, 1.54) is 7.11 Å². The van der Waals surface area contributed by atoms with E-state index in [9.17, 15) is 9.59 Å². The van der Waals surface area contributed by atoms with E-state index in [2.05, 4.69) is 5.32 Å². The molecule has 0 aliphatic carbocycles. The highest BCUT2D eigenvalue weighted by atomic mass is 16.5. The Labute approximate surface area is 187 Å². The fourth-order valence-corrected chi connectivity index (χ4v) is 3.75. The van der Waals surface area contributed by atoms with Crippen LogP contribution in [-0.4, -0.2) is 26.0 Å². The molecule has 1 heterocycles. The number of amides is 2. The van der Waals surface area contributed by atoms with Gasteiger partial charge in [-0.1, -0.05) is 36.4 Å². The van der Waals surface area contributed by atoms with E-state index in [1.54, 1.807) is 43.5 Å². The zero-order valence-corrected chi connectivity index (χ0v) is 18.4. The van der Waals surface area contributed by atoms with Gasteiger partial charge >= 0.3 is 0 Å². The molecule has 1 aliphatic heterocycles. The molecule has 0 atom stereocenters. The Kier molecular flexibility index (Phi) is 5.69. The van der Waals surface area contributed by atoms with Gasteiger partial charge in [0.05, 0.1) is 25.5 Å². The number of nitrogens with zero attached hydrogens (tertiary/aromatic N) is 1. The predicted molar refractivity (Wildman–Crippen MR) is 125 cm³/mol. The van der Waals surface area contributed by atoms with Crippen molar-refractivity contribution in [1.29, 1.82) is 0 Å². The zero-order valence-electron chi connectivity index (χ0n) is 18.4. The number of imide groups is 1. The Morgan fingerprint density at radius 3 is 2.31 bits per heavy atom. The van der Waals surface area contributed by atoms with Crippen LogP contribution in [0.25, 0.3) is 5.57 Å². The molecule has 4 rings (SSSR count). The molecular formula is C26H24N2O4. The van der Waals surface area contributed by atoms with E-state index < -0.39 is 11.8 Å². The first-order valence-electron chi connectivity index (χ1n) is 10.2. The number of rotatable bonds is 6. The minimum atomic E-state index is -0.440. The third-order valence-electron chi connectivity index (χ3n) is 5.64. The third-order valence-corrected chi connectivity index (χ3v) is 5.64. The molecule has 0 fully saturated rings. The summed E-state index contributed by atoms with van der Waals surface area (Å²) < 4.78 is 10.8. The quantitative estimate of drug-likeness (QED) is 0.576. The zero-order chi connectivity index (χ0) is 22.8. The highest BCUT2D eigenvalue weighted by Gasteiger charge is 2.41. The molecule has 0 saturated carbocycles. The first-order chi connectivity index (χ1) is 15.5. The van der Waals surface area contributed by atoms with Crippen LogP contribution in [0.15, 0.2) is 72.4 Å². The SMILES string of the molecule is COc1cccc(N2C(=O)C(Nc3cccc(C)c3C)=C(c3ccccc3OC)C2=O)c1. The van der Waals surface area contributed by atoms with Crippen molar-refractivity contribution >= 4 is 28.8 Å². The molecule has 0 bridgehead atoms. The molecule has 162 valence electrons. The lowest BCUT2D eigenvalue weighted by molar-refractivity contribution is -0.120. The van der Waals surface area contributed by atoms with Crippen LogP contribution in [0.2, 0.25) is 0 Å². The van der Waals surface area contributed by atoms with Gasteiger partial charge < -0.3 is 14.8 Å². The summed E-state index contributed by atoms with van der Waals surface area (Å²) in [4.78, 5) is 28.4. The maximum Gasteiger partial charge on any atom is 0.282 e. The van der Waals surface area contributed by atoms with Gasteiger partial charge in [0.15, 0.2) is 0 Å². The number of nitrogens with one attached hydrogen (secondary N) is 1. The van der Waals surface area contributed by atoms with Gasteiger partial charge in [0.1, 0.15) is 17.2 Å². The topological polar surface area (TPSA) is 67.9 Å². The number of anilines is 2. The second kappa shape index (κ2) is 8.59. The molecule has 1 N–H and O–H groups in total. The minimum Gasteiger partial charge on any atom is -0.497 e. The average Bonchev–Trinajstić information content (AvgIpc) is 3.05. The summed E-state index contributed by atoms with van der Waals surface area (Å²) in [7, 11) is 3.08. The second-order valence-electron chi connectivity index (χ2n) is 7.47. The largest absolute Gasteiger partial charge is 0.497 e. The lowest BCUT2D eigenvalue weighted by Crippen LogP contribution is -2.32. The molecule has 6 heteroatoms. The Morgan fingerprint density at radius 2 is 1.56 bits per heavy atom. The van der Waals surface area contributed by atoms with Crippen molar-refractivity contribution in [2.45, 2.75) is 13.8 Å². The van der Waals surface area contributed by atoms with E-state index in [0.717, 1.165) is 21.7 Å². The number of para-hydroxylation sites is 1. The summed E-state index contributed by atoms with van der Waals surface area (Å²) in [6, 6.07) is 19.9. The van der Waals surface area contributed by atoms with Gasteiger partial charge in [0, 0.05) is 17.3 Å². The number of hydrogen-bond acceptors (Lipinski definition) is 5. The third kappa shape index (κ3) is 3.60. The molecule has 3 aromatic carbocycles. The molecule has 0 radical (unpaired) electrons. The van der Waals surface area contributed by atoms with Crippen LogP contribution in [-0.2, 0) is 9.59 Å². The molecule has 2 amide bonds. The fraction of sp³-hybridized carbons (Fsp3) is 0.154. The van der Waals surface area contributed by atoms with E-state index in [1.807, 2.05) is 44.2 Å². The maximum absolute atomic E-state index is 13.6. The standard InChI is InChI=1S/C26H24N2O4/c1-16-9-7-13-21(17(16)2)27-24-23(20-12-5-6-14-22(20)32-4)25(29)28(26(24)30)18-10-8-11-19(15-18)31-3/h5-15,27H,1-4H3. The van der Waals surface area contributed by atoms with Crippen LogP contribution >= 0.6 is 0 Å². The summed E-state index contributed by atoms with van der Waals surface area (Å²) in [6.45, 7) is 3.97. The predicted octanol–water partition coefficient (Wildman–Crippen LogP) is 4.72. The summed E-state index contributed by atoms with van der Waals surface area (Å²) >= 11 is 0. The highest BCUT2D eigenvalue weighted by molar-refractivity contribution is 6.46. The molecule has 6 nitrogen and oxygen atoms in total. The molecule has 0 spiro atoms. The number of carbonyl (C=O) groups is 2. The summed E-state index contributed by atoms with van der Waals surface area (Å²) in [5.41, 5.74) is 4.29. The number of hydrogen-bond donors (Lipinski definition) is 1. The van der Waals surface area contributed by atoms with Crippen LogP contribution < -0.4 is 19.7 Å². The van der Waals surface area contributed by atoms with Gasteiger partial charge in [-0.25, -0.2) is 4.90 Å². The van der Waals surface area contributed by atoms with Crippen molar-refractivity contribution in [2.24, 2.45) is 0 Å². The first-order valence-corrected chi connectivity index (χ1v) is 10.2. The average molecular weight is 428 g/mol. The number of ether oxygens (including phenoxy) is 2. The van der Waals surface area contributed by atoms with Crippen molar-refractivity contribution < 1.29 is 19.1 Å². The van der Waals surface area contributed by atoms with Gasteiger partial charge in [-0.2, -0.15) is 0 Å². The van der Waals surface area contributed by atoms with Gasteiger partial charge in [-0.05, 0) is 49.2 Å². The van der Waals surface area contributed by atoms with Crippen molar-refractivity contribution in [3.63, 3.8) is 0 Å². The molecular weight excluding hydrogens is 404 g/mol. The molecule has 32 heavy (non-hydrogen) atoms.